The monoisotopic (exact) mass is 233 g/mol. The molecule has 92 valence electrons. The van der Waals surface area contributed by atoms with Gasteiger partial charge in [-0.15, -0.1) is 0 Å². The molecule has 1 aromatic heterocycles. The third-order valence-corrected chi connectivity index (χ3v) is 3.28. The Morgan fingerprint density at radius 1 is 1.41 bits per heavy atom. The van der Waals surface area contributed by atoms with Gasteiger partial charge in [0.1, 0.15) is 5.82 Å². The molecule has 1 N–H and O–H groups in total. The maximum Gasteiger partial charge on any atom is 0.245 e. The van der Waals surface area contributed by atoms with Crippen LogP contribution in [0.1, 0.15) is 19.8 Å². The van der Waals surface area contributed by atoms with Crippen LogP contribution in [0.2, 0.25) is 0 Å². The molecule has 1 amide bonds. The second-order valence-corrected chi connectivity index (χ2v) is 4.66. The lowest BCUT2D eigenvalue weighted by Crippen LogP contribution is -2.44. The number of anilines is 1. The minimum absolute atomic E-state index is 0.0815. The van der Waals surface area contributed by atoms with Crippen LogP contribution in [0.5, 0.6) is 0 Å². The summed E-state index contributed by atoms with van der Waals surface area (Å²) in [7, 11) is 1.84. The molecule has 1 fully saturated rings. The van der Waals surface area contributed by atoms with Gasteiger partial charge in [0, 0.05) is 12.7 Å². The van der Waals surface area contributed by atoms with Crippen molar-refractivity contribution in [2.75, 3.05) is 18.5 Å². The van der Waals surface area contributed by atoms with Gasteiger partial charge in [-0.3, -0.25) is 9.69 Å². The first-order chi connectivity index (χ1) is 8.22. The predicted octanol–water partition coefficient (Wildman–Crippen LogP) is 1.43. The number of carbonyl (C=O) groups is 1. The number of nitrogens with one attached hydrogen (secondary N) is 1. The van der Waals surface area contributed by atoms with Gasteiger partial charge in [0.05, 0.1) is 6.04 Å². The summed E-state index contributed by atoms with van der Waals surface area (Å²) in [5.41, 5.74) is 0. The summed E-state index contributed by atoms with van der Waals surface area (Å²) in [6, 6.07) is 5.59. The van der Waals surface area contributed by atoms with E-state index < -0.39 is 0 Å². The summed E-state index contributed by atoms with van der Waals surface area (Å²) in [5, 5.41) is 3.09. The Morgan fingerprint density at radius 2 is 2.24 bits per heavy atom. The summed E-state index contributed by atoms with van der Waals surface area (Å²) < 4.78 is 0. The van der Waals surface area contributed by atoms with Gasteiger partial charge in [0.25, 0.3) is 0 Å². The van der Waals surface area contributed by atoms with Crippen LogP contribution in [0.4, 0.5) is 5.82 Å². The second kappa shape index (κ2) is 5.27. The molecular formula is C13H19N3O. The van der Waals surface area contributed by atoms with E-state index in [2.05, 4.69) is 17.2 Å². The number of hydrogen-bond acceptors (Lipinski definition) is 3. The molecule has 2 heterocycles. The number of nitrogens with zero attached hydrogens (tertiary/aromatic N) is 2. The highest BCUT2D eigenvalue weighted by molar-refractivity contribution is 5.96. The Bertz CT molecular complexity index is 380. The molecule has 1 saturated heterocycles. The van der Waals surface area contributed by atoms with E-state index in [-0.39, 0.29) is 11.9 Å². The smallest absolute Gasteiger partial charge is 0.245 e. The molecule has 2 rings (SSSR count). The molecule has 0 aromatic carbocycles. The van der Waals surface area contributed by atoms with Crippen LogP contribution in [0.25, 0.3) is 0 Å². The molecule has 0 radical (unpaired) electrons. The van der Waals surface area contributed by atoms with Gasteiger partial charge in [-0.2, -0.15) is 0 Å². The molecule has 0 aliphatic carbocycles. The van der Waals surface area contributed by atoms with Crippen LogP contribution in [-0.4, -0.2) is 30.5 Å². The first-order valence-electron chi connectivity index (χ1n) is 6.12. The van der Waals surface area contributed by atoms with Gasteiger partial charge in [0.15, 0.2) is 0 Å². The largest absolute Gasteiger partial charge is 0.309 e. The van der Waals surface area contributed by atoms with Crippen molar-refractivity contribution >= 4 is 11.7 Å². The van der Waals surface area contributed by atoms with E-state index >= 15 is 0 Å². The van der Waals surface area contributed by atoms with Crippen molar-refractivity contribution in [3.05, 3.63) is 24.4 Å². The number of amides is 1. The normalized spacial score (nSPS) is 25.8. The van der Waals surface area contributed by atoms with E-state index in [0.29, 0.717) is 5.92 Å². The van der Waals surface area contributed by atoms with Crippen LogP contribution in [0.3, 0.4) is 0 Å². The van der Waals surface area contributed by atoms with Crippen LogP contribution >= 0.6 is 0 Å². The number of pyridine rings is 1. The summed E-state index contributed by atoms with van der Waals surface area (Å²) >= 11 is 0. The topological polar surface area (TPSA) is 45.2 Å². The number of aromatic nitrogens is 1. The van der Waals surface area contributed by atoms with Gasteiger partial charge in [0.2, 0.25) is 5.91 Å². The predicted molar refractivity (Wildman–Crippen MR) is 67.8 cm³/mol. The molecule has 2 unspecified atom stereocenters. The maximum absolute atomic E-state index is 12.3. The van der Waals surface area contributed by atoms with Crippen molar-refractivity contribution < 1.29 is 4.79 Å². The van der Waals surface area contributed by atoms with Crippen LogP contribution in [0, 0.1) is 5.92 Å². The average Bonchev–Trinajstić information content (AvgIpc) is 2.50. The minimum atomic E-state index is -0.0815. The zero-order valence-corrected chi connectivity index (χ0v) is 10.4. The van der Waals surface area contributed by atoms with E-state index in [1.807, 2.05) is 25.2 Å². The Morgan fingerprint density at radius 3 is 2.88 bits per heavy atom. The molecule has 17 heavy (non-hydrogen) atoms. The van der Waals surface area contributed by atoms with E-state index in [0.717, 1.165) is 25.2 Å². The molecule has 2 atom stereocenters. The third kappa shape index (κ3) is 2.64. The number of carbonyl (C=O) groups excluding carboxylic acids is 1. The van der Waals surface area contributed by atoms with E-state index in [1.165, 1.54) is 0 Å². The molecule has 1 aliphatic heterocycles. The fourth-order valence-electron chi connectivity index (χ4n) is 2.24. The first kappa shape index (κ1) is 12.0. The summed E-state index contributed by atoms with van der Waals surface area (Å²) in [6.45, 7) is 2.94. The second-order valence-electron chi connectivity index (χ2n) is 4.66. The standard InChI is InChI=1S/C13H19N3O/c1-10-6-7-11(14-2)13(17)16(9-10)12-5-3-4-8-15-12/h3-5,8,10-11,14H,6-7,9H2,1-2H3. The van der Waals surface area contributed by atoms with E-state index in [9.17, 15) is 4.79 Å². The van der Waals surface area contributed by atoms with Crippen molar-refractivity contribution in [3.8, 4) is 0 Å². The highest BCUT2D eigenvalue weighted by atomic mass is 16.2. The van der Waals surface area contributed by atoms with Gasteiger partial charge in [-0.25, -0.2) is 4.98 Å². The number of hydrogen-bond donors (Lipinski definition) is 1. The Balaban J connectivity index is 2.26. The average molecular weight is 233 g/mol. The number of rotatable bonds is 2. The van der Waals surface area contributed by atoms with Gasteiger partial charge < -0.3 is 5.32 Å². The van der Waals surface area contributed by atoms with Gasteiger partial charge in [-0.1, -0.05) is 13.0 Å². The van der Waals surface area contributed by atoms with Crippen molar-refractivity contribution in [1.29, 1.82) is 0 Å². The molecule has 1 aliphatic rings. The summed E-state index contributed by atoms with van der Waals surface area (Å²) in [5.74, 6) is 1.40. The fourth-order valence-corrected chi connectivity index (χ4v) is 2.24. The molecule has 0 saturated carbocycles. The lowest BCUT2D eigenvalue weighted by molar-refractivity contribution is -0.120. The zero-order valence-electron chi connectivity index (χ0n) is 10.4. The Labute approximate surface area is 102 Å². The number of likely N-dealkylation sites (N-methyl/N-ethyl adjacent to an activating group) is 1. The molecule has 0 spiro atoms. The molecule has 1 aromatic rings. The summed E-state index contributed by atoms with van der Waals surface area (Å²) in [4.78, 5) is 18.4. The Hall–Kier alpha value is -1.42. The Kier molecular flexibility index (Phi) is 3.74. The van der Waals surface area contributed by atoms with Gasteiger partial charge in [-0.05, 0) is 37.9 Å². The quantitative estimate of drug-likeness (QED) is 0.840. The minimum Gasteiger partial charge on any atom is -0.309 e. The van der Waals surface area contributed by atoms with E-state index in [1.54, 1.807) is 11.1 Å². The van der Waals surface area contributed by atoms with Crippen molar-refractivity contribution in [2.45, 2.75) is 25.8 Å². The molecule has 0 bridgehead atoms. The van der Waals surface area contributed by atoms with Crippen LogP contribution in [-0.2, 0) is 4.79 Å². The third-order valence-electron chi connectivity index (χ3n) is 3.28. The van der Waals surface area contributed by atoms with E-state index in [4.69, 9.17) is 0 Å². The van der Waals surface area contributed by atoms with Crippen molar-refractivity contribution in [1.82, 2.24) is 10.3 Å². The van der Waals surface area contributed by atoms with Crippen LogP contribution < -0.4 is 10.2 Å². The highest BCUT2D eigenvalue weighted by Crippen LogP contribution is 2.21. The summed E-state index contributed by atoms with van der Waals surface area (Å²) in [6.07, 6.45) is 3.70. The fraction of sp³-hybridized carbons (Fsp3) is 0.538. The molecular weight excluding hydrogens is 214 g/mol. The maximum atomic E-state index is 12.3. The van der Waals surface area contributed by atoms with Crippen molar-refractivity contribution in [3.63, 3.8) is 0 Å². The lowest BCUT2D eigenvalue weighted by atomic mass is 10.0. The lowest BCUT2D eigenvalue weighted by Gasteiger charge is -2.24. The first-order valence-corrected chi connectivity index (χ1v) is 6.12. The zero-order chi connectivity index (χ0) is 12.3. The van der Waals surface area contributed by atoms with Crippen molar-refractivity contribution in [2.24, 2.45) is 5.92 Å². The van der Waals surface area contributed by atoms with Crippen LogP contribution in [0.15, 0.2) is 24.4 Å². The SMILES string of the molecule is CNC1CCC(C)CN(c2ccccn2)C1=O. The highest BCUT2D eigenvalue weighted by Gasteiger charge is 2.29. The molecule has 4 heteroatoms. The van der Waals surface area contributed by atoms with Gasteiger partial charge >= 0.3 is 0 Å². The molecule has 4 nitrogen and oxygen atoms in total.